The highest BCUT2D eigenvalue weighted by atomic mass is 32.2. The molecular weight excluding hydrogens is 224 g/mol. The van der Waals surface area contributed by atoms with Crippen molar-refractivity contribution in [1.29, 1.82) is 0 Å². The molecular formula is C11H22N2O2S. The predicted molar refractivity (Wildman–Crippen MR) is 64.8 cm³/mol. The minimum atomic E-state index is -3.02. The number of hydrogen-bond acceptors (Lipinski definition) is 3. The number of rotatable bonds is 4. The van der Waals surface area contributed by atoms with Gasteiger partial charge in [-0.05, 0) is 39.5 Å². The van der Waals surface area contributed by atoms with Gasteiger partial charge in [0.25, 0.3) is 0 Å². The third kappa shape index (κ3) is 3.18. The van der Waals surface area contributed by atoms with Gasteiger partial charge in [0.15, 0.2) is 0 Å². The summed E-state index contributed by atoms with van der Waals surface area (Å²) in [6.45, 7) is 8.15. The zero-order valence-corrected chi connectivity index (χ0v) is 11.2. The first-order valence-electron chi connectivity index (χ1n) is 6.01. The smallest absolute Gasteiger partial charge is 0.212 e. The first-order valence-corrected chi connectivity index (χ1v) is 7.66. The average molecular weight is 246 g/mol. The predicted octanol–water partition coefficient (Wildman–Crippen LogP) is 0.798. The molecule has 0 aromatic heterocycles. The van der Waals surface area contributed by atoms with E-state index in [9.17, 15) is 8.42 Å². The zero-order valence-electron chi connectivity index (χ0n) is 10.4. The zero-order chi connectivity index (χ0) is 12.0. The second-order valence-corrected chi connectivity index (χ2v) is 7.91. The van der Waals surface area contributed by atoms with E-state index in [1.54, 1.807) is 0 Å². The molecule has 2 aliphatic rings. The Hall–Kier alpha value is -0.130. The summed E-state index contributed by atoms with van der Waals surface area (Å²) in [7, 11) is -3.02. The molecule has 1 N–H and O–H groups in total. The van der Waals surface area contributed by atoms with E-state index in [4.69, 9.17) is 0 Å². The van der Waals surface area contributed by atoms with Gasteiger partial charge in [-0.2, -0.15) is 0 Å². The first kappa shape index (κ1) is 12.3. The van der Waals surface area contributed by atoms with Gasteiger partial charge in [0.1, 0.15) is 0 Å². The van der Waals surface area contributed by atoms with Gasteiger partial charge in [-0.15, -0.1) is 0 Å². The highest BCUT2D eigenvalue weighted by molar-refractivity contribution is 7.89. The molecule has 1 aliphatic carbocycles. The van der Waals surface area contributed by atoms with Gasteiger partial charge in [-0.25, -0.2) is 13.1 Å². The lowest BCUT2D eigenvalue weighted by Crippen LogP contribution is -2.64. The van der Waals surface area contributed by atoms with Crippen molar-refractivity contribution in [1.82, 2.24) is 9.62 Å². The van der Waals surface area contributed by atoms with Crippen LogP contribution in [0.4, 0.5) is 0 Å². The molecule has 0 aromatic rings. The van der Waals surface area contributed by atoms with Crippen molar-refractivity contribution in [2.24, 2.45) is 5.92 Å². The molecule has 0 bridgehead atoms. The molecule has 5 heteroatoms. The number of nitrogens with one attached hydrogen (secondary N) is 1. The molecule has 94 valence electrons. The Bertz CT molecular complexity index is 349. The van der Waals surface area contributed by atoms with E-state index in [1.165, 1.54) is 0 Å². The fourth-order valence-electron chi connectivity index (χ4n) is 2.00. The maximum absolute atomic E-state index is 11.7. The van der Waals surface area contributed by atoms with Gasteiger partial charge in [-0.1, -0.05) is 0 Å². The van der Waals surface area contributed by atoms with E-state index in [0.717, 1.165) is 25.9 Å². The highest BCUT2D eigenvalue weighted by Crippen LogP contribution is 2.30. The summed E-state index contributed by atoms with van der Waals surface area (Å²) in [5, 5.41) is 0. The first-order chi connectivity index (χ1) is 7.26. The Labute approximate surface area is 98.4 Å². The Morgan fingerprint density at radius 2 is 1.81 bits per heavy atom. The van der Waals surface area contributed by atoms with Crippen LogP contribution in [0.5, 0.6) is 0 Å². The van der Waals surface area contributed by atoms with Gasteiger partial charge in [-0.3, -0.25) is 4.90 Å². The summed E-state index contributed by atoms with van der Waals surface area (Å²) in [6.07, 6.45) is 2.17. The molecule has 1 saturated heterocycles. The molecule has 1 aliphatic heterocycles. The van der Waals surface area contributed by atoms with Crippen LogP contribution < -0.4 is 4.72 Å². The monoisotopic (exact) mass is 246 g/mol. The van der Waals surface area contributed by atoms with E-state index < -0.39 is 10.0 Å². The molecule has 2 fully saturated rings. The Morgan fingerprint density at radius 1 is 1.25 bits per heavy atom. The summed E-state index contributed by atoms with van der Waals surface area (Å²) < 4.78 is 26.2. The lowest BCUT2D eigenvalue weighted by atomic mass is 9.98. The maximum Gasteiger partial charge on any atom is 0.212 e. The van der Waals surface area contributed by atoms with E-state index in [1.807, 2.05) is 0 Å². The summed E-state index contributed by atoms with van der Waals surface area (Å²) in [5.74, 6) is 0.759. The quantitative estimate of drug-likeness (QED) is 0.798. The second kappa shape index (κ2) is 3.96. The lowest BCUT2D eigenvalue weighted by molar-refractivity contribution is 0.0436. The Balaban J connectivity index is 1.76. The van der Waals surface area contributed by atoms with E-state index in [-0.39, 0.29) is 11.6 Å². The molecule has 16 heavy (non-hydrogen) atoms. The third-order valence-electron chi connectivity index (χ3n) is 3.33. The normalized spacial score (nSPS) is 24.4. The largest absolute Gasteiger partial charge is 0.295 e. The summed E-state index contributed by atoms with van der Waals surface area (Å²) >= 11 is 0. The van der Waals surface area contributed by atoms with Crippen molar-refractivity contribution >= 4 is 10.0 Å². The number of likely N-dealkylation sites (tertiary alicyclic amines) is 1. The van der Waals surface area contributed by atoms with Gasteiger partial charge < -0.3 is 0 Å². The van der Waals surface area contributed by atoms with Gasteiger partial charge in [0.2, 0.25) is 10.0 Å². The van der Waals surface area contributed by atoms with Crippen molar-refractivity contribution < 1.29 is 8.42 Å². The van der Waals surface area contributed by atoms with Crippen LogP contribution >= 0.6 is 0 Å². The molecule has 1 heterocycles. The standard InChI is InChI=1S/C11H22N2O2S/c1-11(2,3)13-6-10(7-13)12-16(14,15)8-9-4-5-9/h9-10,12H,4-8H2,1-3H3. The van der Waals surface area contributed by atoms with Crippen molar-refractivity contribution in [2.45, 2.75) is 45.2 Å². The van der Waals surface area contributed by atoms with Gasteiger partial charge in [0.05, 0.1) is 5.75 Å². The van der Waals surface area contributed by atoms with Crippen molar-refractivity contribution in [3.8, 4) is 0 Å². The highest BCUT2D eigenvalue weighted by Gasteiger charge is 2.37. The SMILES string of the molecule is CC(C)(C)N1CC(NS(=O)(=O)CC2CC2)C1. The number of sulfonamides is 1. The lowest BCUT2D eigenvalue weighted by Gasteiger charge is -2.47. The summed E-state index contributed by atoms with van der Waals surface area (Å²) in [4.78, 5) is 2.29. The second-order valence-electron chi connectivity index (χ2n) is 6.12. The summed E-state index contributed by atoms with van der Waals surface area (Å²) in [6, 6.07) is 0.128. The topological polar surface area (TPSA) is 49.4 Å². The third-order valence-corrected chi connectivity index (χ3v) is 4.93. The molecule has 2 rings (SSSR count). The number of hydrogen-bond donors (Lipinski definition) is 1. The number of nitrogens with zero attached hydrogens (tertiary/aromatic N) is 1. The van der Waals surface area contributed by atoms with Crippen LogP contribution in [0, 0.1) is 5.92 Å². The Morgan fingerprint density at radius 3 is 2.25 bits per heavy atom. The molecule has 0 spiro atoms. The molecule has 0 radical (unpaired) electrons. The molecule has 0 atom stereocenters. The van der Waals surface area contributed by atoms with Crippen molar-refractivity contribution in [3.05, 3.63) is 0 Å². The average Bonchev–Trinajstić information content (AvgIpc) is 2.76. The van der Waals surface area contributed by atoms with Crippen LogP contribution in [0.25, 0.3) is 0 Å². The summed E-state index contributed by atoms with van der Waals surface area (Å²) in [5.41, 5.74) is 0.151. The van der Waals surface area contributed by atoms with Crippen LogP contribution in [0.1, 0.15) is 33.6 Å². The van der Waals surface area contributed by atoms with Crippen LogP contribution in [-0.4, -0.2) is 43.7 Å². The molecule has 0 amide bonds. The minimum Gasteiger partial charge on any atom is -0.295 e. The molecule has 4 nitrogen and oxygen atoms in total. The maximum atomic E-state index is 11.7. The van der Waals surface area contributed by atoms with E-state index in [2.05, 4.69) is 30.4 Å². The van der Waals surface area contributed by atoms with E-state index >= 15 is 0 Å². The van der Waals surface area contributed by atoms with Crippen LogP contribution in [0.3, 0.4) is 0 Å². The Kier molecular flexibility index (Phi) is 3.05. The van der Waals surface area contributed by atoms with Crippen LogP contribution in [-0.2, 0) is 10.0 Å². The molecule has 1 saturated carbocycles. The van der Waals surface area contributed by atoms with Crippen molar-refractivity contribution in [2.75, 3.05) is 18.8 Å². The minimum absolute atomic E-state index is 0.128. The molecule has 0 unspecified atom stereocenters. The fraction of sp³-hybridized carbons (Fsp3) is 1.00. The van der Waals surface area contributed by atoms with Crippen LogP contribution in [0.15, 0.2) is 0 Å². The molecule has 0 aromatic carbocycles. The van der Waals surface area contributed by atoms with Gasteiger partial charge in [0, 0.05) is 24.7 Å². The van der Waals surface area contributed by atoms with Crippen LogP contribution in [0.2, 0.25) is 0 Å². The fourth-order valence-corrected chi connectivity index (χ4v) is 3.70. The van der Waals surface area contributed by atoms with E-state index in [0.29, 0.717) is 11.7 Å². The van der Waals surface area contributed by atoms with Gasteiger partial charge >= 0.3 is 0 Å². The van der Waals surface area contributed by atoms with Crippen molar-refractivity contribution in [3.63, 3.8) is 0 Å².